The van der Waals surface area contributed by atoms with Crippen molar-refractivity contribution < 1.29 is 8.42 Å². The Labute approximate surface area is 157 Å². The van der Waals surface area contributed by atoms with E-state index < -0.39 is 10.0 Å². The molecule has 0 amide bonds. The average Bonchev–Trinajstić information content (AvgIpc) is 3.16. The van der Waals surface area contributed by atoms with Crippen LogP contribution in [0.5, 0.6) is 0 Å². The summed E-state index contributed by atoms with van der Waals surface area (Å²) in [4.78, 5) is 1.05. The number of primary sulfonamides is 1. The highest BCUT2D eigenvalue weighted by Gasteiger charge is 2.20. The summed E-state index contributed by atoms with van der Waals surface area (Å²) in [6, 6.07) is 12.2. The van der Waals surface area contributed by atoms with E-state index in [9.17, 15) is 8.42 Å². The average molecular weight is 392 g/mol. The molecule has 25 heavy (non-hydrogen) atoms. The summed E-state index contributed by atoms with van der Waals surface area (Å²) < 4.78 is 24.2. The van der Waals surface area contributed by atoms with Crippen LogP contribution in [0.15, 0.2) is 51.4 Å². The van der Waals surface area contributed by atoms with Gasteiger partial charge >= 0.3 is 0 Å². The zero-order valence-corrected chi connectivity index (χ0v) is 16.7. The van der Waals surface area contributed by atoms with E-state index in [0.717, 1.165) is 23.3 Å². The van der Waals surface area contributed by atoms with Crippen molar-refractivity contribution in [1.29, 1.82) is 0 Å². The molecule has 0 atom stereocenters. The number of hydrogen-bond acceptors (Lipinski definition) is 4. The lowest BCUT2D eigenvalue weighted by Crippen LogP contribution is -2.11. The number of benzene rings is 1. The second-order valence-electron chi connectivity index (χ2n) is 6.56. The molecule has 2 heterocycles. The molecule has 1 aromatic carbocycles. The molecule has 3 nitrogen and oxygen atoms in total. The molecule has 0 fully saturated rings. The van der Waals surface area contributed by atoms with Crippen molar-refractivity contribution in [1.82, 2.24) is 0 Å². The van der Waals surface area contributed by atoms with E-state index in [2.05, 4.69) is 42.8 Å². The van der Waals surface area contributed by atoms with Crippen LogP contribution in [0.1, 0.15) is 29.9 Å². The highest BCUT2D eigenvalue weighted by molar-refractivity contribution is 7.91. The molecule has 0 saturated heterocycles. The van der Waals surface area contributed by atoms with E-state index in [0.29, 0.717) is 11.5 Å². The standard InChI is InChI=1S/C19H21NO2S3/c1-13(2)9-17-11-18(19(24-17)25(20,21)22)16-5-3-14(4-6-16)10-15-7-8-23-12-15/h3-8,11-13H,9-10H2,1-2H3,(H2,20,21,22). The van der Waals surface area contributed by atoms with Gasteiger partial charge in [-0.3, -0.25) is 0 Å². The number of sulfonamides is 1. The Morgan fingerprint density at radius 2 is 1.80 bits per heavy atom. The van der Waals surface area contributed by atoms with Crippen molar-refractivity contribution in [3.63, 3.8) is 0 Å². The molecular formula is C19H21NO2S3. The SMILES string of the molecule is CC(C)Cc1cc(-c2ccc(Cc3ccsc3)cc2)c(S(N)(=O)=O)s1. The molecule has 0 aliphatic carbocycles. The summed E-state index contributed by atoms with van der Waals surface area (Å²) in [5.41, 5.74) is 4.10. The van der Waals surface area contributed by atoms with Gasteiger partial charge in [-0.1, -0.05) is 38.1 Å². The Hall–Kier alpha value is -1.47. The van der Waals surface area contributed by atoms with Crippen LogP contribution in [-0.4, -0.2) is 8.42 Å². The molecule has 0 radical (unpaired) electrons. The summed E-state index contributed by atoms with van der Waals surface area (Å²) in [5, 5.41) is 9.66. The summed E-state index contributed by atoms with van der Waals surface area (Å²) in [5.74, 6) is 0.466. The zero-order chi connectivity index (χ0) is 18.0. The van der Waals surface area contributed by atoms with Crippen molar-refractivity contribution in [2.75, 3.05) is 0 Å². The fourth-order valence-corrected chi connectivity index (χ4v) is 5.83. The Balaban J connectivity index is 1.93. The molecule has 0 bridgehead atoms. The molecule has 0 unspecified atom stereocenters. The smallest absolute Gasteiger partial charge is 0.224 e. The number of nitrogens with two attached hydrogens (primary N) is 1. The highest BCUT2D eigenvalue weighted by Crippen LogP contribution is 2.35. The monoisotopic (exact) mass is 391 g/mol. The van der Waals surface area contributed by atoms with Gasteiger partial charge in [-0.25, -0.2) is 13.6 Å². The van der Waals surface area contributed by atoms with Crippen molar-refractivity contribution in [3.05, 3.63) is 63.2 Å². The maximum atomic E-state index is 12.0. The fourth-order valence-electron chi connectivity index (χ4n) is 2.77. The second kappa shape index (κ2) is 7.41. The summed E-state index contributed by atoms with van der Waals surface area (Å²) in [6.45, 7) is 4.24. The van der Waals surface area contributed by atoms with Crippen molar-refractivity contribution in [3.8, 4) is 11.1 Å². The Kier molecular flexibility index (Phi) is 5.43. The van der Waals surface area contributed by atoms with E-state index in [1.807, 2.05) is 18.2 Å². The molecule has 0 aliphatic heterocycles. The first kappa shape index (κ1) is 18.3. The van der Waals surface area contributed by atoms with Gasteiger partial charge in [-0.2, -0.15) is 11.3 Å². The summed E-state index contributed by atoms with van der Waals surface area (Å²) in [6.07, 6.45) is 1.73. The van der Waals surface area contributed by atoms with Crippen LogP contribution in [0.4, 0.5) is 0 Å². The van der Waals surface area contributed by atoms with Gasteiger partial charge in [0.05, 0.1) is 0 Å². The van der Waals surface area contributed by atoms with Gasteiger partial charge < -0.3 is 0 Å². The maximum Gasteiger partial charge on any atom is 0.248 e. The molecule has 3 rings (SSSR count). The molecule has 132 valence electrons. The van der Waals surface area contributed by atoms with Crippen LogP contribution in [0.2, 0.25) is 0 Å². The Morgan fingerprint density at radius 1 is 1.08 bits per heavy atom. The number of hydrogen-bond donors (Lipinski definition) is 1. The van der Waals surface area contributed by atoms with E-state index in [1.54, 1.807) is 11.3 Å². The summed E-state index contributed by atoms with van der Waals surface area (Å²) in [7, 11) is -3.73. The van der Waals surface area contributed by atoms with Gasteiger partial charge in [0.2, 0.25) is 10.0 Å². The largest absolute Gasteiger partial charge is 0.248 e. The van der Waals surface area contributed by atoms with Crippen molar-refractivity contribution >= 4 is 32.7 Å². The molecule has 2 aromatic heterocycles. The topological polar surface area (TPSA) is 60.2 Å². The third-order valence-corrected chi connectivity index (χ3v) is 7.24. The lowest BCUT2D eigenvalue weighted by atomic mass is 10.0. The van der Waals surface area contributed by atoms with E-state index >= 15 is 0 Å². The molecule has 6 heteroatoms. The predicted molar refractivity (Wildman–Crippen MR) is 107 cm³/mol. The molecule has 0 spiro atoms. The maximum absolute atomic E-state index is 12.0. The minimum absolute atomic E-state index is 0.258. The van der Waals surface area contributed by atoms with Gasteiger partial charge in [0, 0.05) is 10.4 Å². The van der Waals surface area contributed by atoms with Gasteiger partial charge in [-0.15, -0.1) is 11.3 Å². The first-order valence-corrected chi connectivity index (χ1v) is 11.4. The zero-order valence-electron chi connectivity index (χ0n) is 14.2. The van der Waals surface area contributed by atoms with Crippen LogP contribution < -0.4 is 5.14 Å². The van der Waals surface area contributed by atoms with Gasteiger partial charge in [-0.05, 0) is 58.3 Å². The van der Waals surface area contributed by atoms with Gasteiger partial charge in [0.15, 0.2) is 0 Å². The third-order valence-electron chi connectivity index (χ3n) is 3.87. The minimum atomic E-state index is -3.73. The normalized spacial score (nSPS) is 12.0. The van der Waals surface area contributed by atoms with Crippen LogP contribution >= 0.6 is 22.7 Å². The van der Waals surface area contributed by atoms with Crippen LogP contribution in [0.3, 0.4) is 0 Å². The number of rotatable bonds is 6. The second-order valence-corrected chi connectivity index (χ2v) is 10.2. The summed E-state index contributed by atoms with van der Waals surface area (Å²) >= 11 is 2.98. The first-order valence-electron chi connectivity index (χ1n) is 8.09. The lowest BCUT2D eigenvalue weighted by Gasteiger charge is -2.04. The quantitative estimate of drug-likeness (QED) is 0.649. The van der Waals surface area contributed by atoms with Crippen LogP contribution in [0.25, 0.3) is 11.1 Å². The van der Waals surface area contributed by atoms with Crippen LogP contribution in [0, 0.1) is 5.92 Å². The van der Waals surface area contributed by atoms with Crippen molar-refractivity contribution in [2.24, 2.45) is 11.1 Å². The third kappa shape index (κ3) is 4.58. The van der Waals surface area contributed by atoms with E-state index in [4.69, 9.17) is 5.14 Å². The first-order chi connectivity index (χ1) is 11.8. The highest BCUT2D eigenvalue weighted by atomic mass is 32.2. The Morgan fingerprint density at radius 3 is 2.36 bits per heavy atom. The fraction of sp³-hybridized carbons (Fsp3) is 0.263. The lowest BCUT2D eigenvalue weighted by molar-refractivity contribution is 0.600. The number of thiophene rings is 2. The molecule has 0 saturated carbocycles. The van der Waals surface area contributed by atoms with E-state index in [1.165, 1.54) is 22.5 Å². The predicted octanol–water partition coefficient (Wildman–Crippen LogP) is 4.91. The van der Waals surface area contributed by atoms with Gasteiger partial charge in [0.1, 0.15) is 4.21 Å². The minimum Gasteiger partial charge on any atom is -0.224 e. The van der Waals surface area contributed by atoms with E-state index in [-0.39, 0.29) is 4.21 Å². The van der Waals surface area contributed by atoms with Crippen molar-refractivity contribution in [2.45, 2.75) is 30.9 Å². The molecule has 2 N–H and O–H groups in total. The Bertz CT molecular complexity index is 937. The van der Waals surface area contributed by atoms with Gasteiger partial charge in [0.25, 0.3) is 0 Å². The molecule has 3 aromatic rings. The molecular weight excluding hydrogens is 370 g/mol. The van der Waals surface area contributed by atoms with Crippen LogP contribution in [-0.2, 0) is 22.9 Å². The molecule has 0 aliphatic rings.